The van der Waals surface area contributed by atoms with Gasteiger partial charge in [0.05, 0.1) is 12.0 Å². The highest BCUT2D eigenvalue weighted by atomic mass is 16.5. The lowest BCUT2D eigenvalue weighted by molar-refractivity contribution is -0.0201. The van der Waals surface area contributed by atoms with Gasteiger partial charge in [0.2, 0.25) is 5.89 Å². The topological polar surface area (TPSA) is 51.0 Å². The van der Waals surface area contributed by atoms with Gasteiger partial charge in [-0.3, -0.25) is 0 Å². The van der Waals surface area contributed by atoms with Crippen LogP contribution in [0.2, 0.25) is 0 Å². The van der Waals surface area contributed by atoms with Crippen LogP contribution >= 0.6 is 0 Å². The number of hydrogen-bond acceptors (Lipinski definition) is 4. The van der Waals surface area contributed by atoms with Crippen LogP contribution in [0.25, 0.3) is 0 Å². The Morgan fingerprint density at radius 3 is 2.33 bits per heavy atom. The third kappa shape index (κ3) is 1.54. The molecule has 4 aliphatic carbocycles. The lowest BCUT2D eigenvalue weighted by atomic mass is 9.49. The van der Waals surface area contributed by atoms with Gasteiger partial charge in [0.25, 0.3) is 0 Å². The van der Waals surface area contributed by atoms with Crippen LogP contribution in [0.3, 0.4) is 0 Å². The van der Waals surface area contributed by atoms with Gasteiger partial charge in [0.15, 0.2) is 5.82 Å². The van der Waals surface area contributed by atoms with Crippen LogP contribution in [-0.4, -0.2) is 17.2 Å². The molecule has 4 heteroatoms. The maximum Gasteiger partial charge on any atom is 0.232 e. The van der Waals surface area contributed by atoms with Crippen LogP contribution in [0.1, 0.15) is 50.2 Å². The first-order valence-corrected chi connectivity index (χ1v) is 7.25. The summed E-state index contributed by atoms with van der Waals surface area (Å²) in [7, 11) is 1.92. The molecule has 0 aromatic carbocycles. The highest BCUT2D eigenvalue weighted by molar-refractivity contribution is 5.15. The van der Waals surface area contributed by atoms with Crippen LogP contribution in [-0.2, 0) is 12.0 Å². The van der Waals surface area contributed by atoms with Crippen molar-refractivity contribution in [2.75, 3.05) is 7.05 Å². The summed E-state index contributed by atoms with van der Waals surface area (Å²) < 4.78 is 5.60. The monoisotopic (exact) mass is 247 g/mol. The van der Waals surface area contributed by atoms with Gasteiger partial charge in [-0.1, -0.05) is 5.16 Å². The Bertz CT molecular complexity index is 418. The van der Waals surface area contributed by atoms with Crippen molar-refractivity contribution in [1.82, 2.24) is 15.5 Å². The molecule has 0 unspecified atom stereocenters. The van der Waals surface area contributed by atoms with Crippen molar-refractivity contribution in [3.8, 4) is 0 Å². The Kier molecular flexibility index (Phi) is 2.31. The van der Waals surface area contributed by atoms with Gasteiger partial charge < -0.3 is 9.84 Å². The number of nitrogens with one attached hydrogen (secondary N) is 1. The van der Waals surface area contributed by atoms with Crippen molar-refractivity contribution in [3.63, 3.8) is 0 Å². The fourth-order valence-electron chi connectivity index (χ4n) is 5.07. The van der Waals surface area contributed by atoms with Gasteiger partial charge in [-0.2, -0.15) is 4.98 Å². The molecule has 4 bridgehead atoms. The van der Waals surface area contributed by atoms with Crippen molar-refractivity contribution in [2.24, 2.45) is 17.8 Å². The number of nitrogens with zero attached hydrogens (tertiary/aromatic N) is 2. The van der Waals surface area contributed by atoms with E-state index in [1.54, 1.807) is 0 Å². The summed E-state index contributed by atoms with van der Waals surface area (Å²) in [6.07, 6.45) is 8.24. The van der Waals surface area contributed by atoms with Crippen molar-refractivity contribution in [3.05, 3.63) is 11.7 Å². The molecule has 0 spiro atoms. The molecule has 1 heterocycles. The molecule has 0 saturated heterocycles. The molecule has 0 aliphatic heterocycles. The summed E-state index contributed by atoms with van der Waals surface area (Å²) in [6, 6.07) is 0. The van der Waals surface area contributed by atoms with E-state index in [4.69, 9.17) is 4.52 Å². The molecule has 1 N–H and O–H groups in total. The summed E-state index contributed by atoms with van der Waals surface area (Å²) in [5.41, 5.74) is 0.244. The lowest BCUT2D eigenvalue weighted by Crippen LogP contribution is -2.48. The Labute approximate surface area is 108 Å². The van der Waals surface area contributed by atoms with Crippen LogP contribution < -0.4 is 5.32 Å². The van der Waals surface area contributed by atoms with E-state index >= 15 is 0 Å². The van der Waals surface area contributed by atoms with E-state index in [1.807, 2.05) is 7.05 Å². The SMILES string of the molecule is CNCc1noc(C23CC4CC(CC(C4)C2)C3)n1. The number of hydrogen-bond donors (Lipinski definition) is 1. The second-order valence-electron chi connectivity index (χ2n) is 6.74. The second-order valence-corrected chi connectivity index (χ2v) is 6.74. The average Bonchev–Trinajstić information content (AvgIpc) is 2.77. The molecule has 0 radical (unpaired) electrons. The molecule has 4 aliphatic rings. The third-order valence-electron chi connectivity index (χ3n) is 5.29. The summed E-state index contributed by atoms with van der Waals surface area (Å²) in [5.74, 6) is 4.53. The van der Waals surface area contributed by atoms with Gasteiger partial charge in [0.1, 0.15) is 0 Å². The summed E-state index contributed by atoms with van der Waals surface area (Å²) >= 11 is 0. The first-order chi connectivity index (χ1) is 8.77. The molecule has 1 aromatic rings. The van der Waals surface area contributed by atoms with Gasteiger partial charge >= 0.3 is 0 Å². The van der Waals surface area contributed by atoms with Gasteiger partial charge in [-0.25, -0.2) is 0 Å². The highest BCUT2D eigenvalue weighted by Gasteiger charge is 2.54. The minimum Gasteiger partial charge on any atom is -0.339 e. The molecule has 4 saturated carbocycles. The zero-order chi connectivity index (χ0) is 12.2. The minimum atomic E-state index is 0.244. The summed E-state index contributed by atoms with van der Waals surface area (Å²) in [6.45, 7) is 0.704. The number of rotatable bonds is 3. The molecule has 0 atom stereocenters. The minimum absolute atomic E-state index is 0.244. The van der Waals surface area contributed by atoms with E-state index in [1.165, 1.54) is 38.5 Å². The van der Waals surface area contributed by atoms with E-state index in [9.17, 15) is 0 Å². The van der Waals surface area contributed by atoms with E-state index in [2.05, 4.69) is 15.5 Å². The highest BCUT2D eigenvalue weighted by Crippen LogP contribution is 2.60. The average molecular weight is 247 g/mol. The summed E-state index contributed by atoms with van der Waals surface area (Å²) in [4.78, 5) is 4.65. The Morgan fingerprint density at radius 2 is 1.78 bits per heavy atom. The van der Waals surface area contributed by atoms with Crippen molar-refractivity contribution < 1.29 is 4.52 Å². The van der Waals surface area contributed by atoms with E-state index in [0.717, 1.165) is 29.5 Å². The van der Waals surface area contributed by atoms with Crippen LogP contribution in [0.5, 0.6) is 0 Å². The fraction of sp³-hybridized carbons (Fsp3) is 0.857. The molecule has 5 rings (SSSR count). The van der Waals surface area contributed by atoms with E-state index in [-0.39, 0.29) is 5.41 Å². The van der Waals surface area contributed by atoms with Gasteiger partial charge in [0, 0.05) is 0 Å². The lowest BCUT2D eigenvalue weighted by Gasteiger charge is -2.55. The largest absolute Gasteiger partial charge is 0.339 e. The molecule has 98 valence electrons. The molecule has 18 heavy (non-hydrogen) atoms. The van der Waals surface area contributed by atoms with Crippen LogP contribution in [0.15, 0.2) is 4.52 Å². The Balaban J connectivity index is 1.66. The maximum absolute atomic E-state index is 5.60. The smallest absolute Gasteiger partial charge is 0.232 e. The standard InChI is InChI=1S/C14H21N3O/c1-15-8-12-16-13(18-17-12)14-5-9-2-10(6-14)4-11(3-9)7-14/h9-11,15H,2-8H2,1H3. The third-order valence-corrected chi connectivity index (χ3v) is 5.29. The Morgan fingerprint density at radius 1 is 1.17 bits per heavy atom. The zero-order valence-electron chi connectivity index (χ0n) is 11.0. The Hall–Kier alpha value is -0.900. The van der Waals surface area contributed by atoms with Crippen LogP contribution in [0, 0.1) is 17.8 Å². The summed E-state index contributed by atoms with van der Waals surface area (Å²) in [5, 5.41) is 7.20. The van der Waals surface area contributed by atoms with Crippen molar-refractivity contribution in [2.45, 2.75) is 50.5 Å². The predicted molar refractivity (Wildman–Crippen MR) is 66.9 cm³/mol. The van der Waals surface area contributed by atoms with Crippen molar-refractivity contribution >= 4 is 0 Å². The molecular weight excluding hydrogens is 226 g/mol. The number of aromatic nitrogens is 2. The van der Waals surface area contributed by atoms with E-state index in [0.29, 0.717) is 6.54 Å². The second kappa shape index (κ2) is 3.80. The quantitative estimate of drug-likeness (QED) is 0.890. The van der Waals surface area contributed by atoms with Gasteiger partial charge in [-0.15, -0.1) is 0 Å². The maximum atomic E-state index is 5.60. The molecule has 0 amide bonds. The molecule has 4 fully saturated rings. The molecule has 1 aromatic heterocycles. The fourth-order valence-corrected chi connectivity index (χ4v) is 5.07. The zero-order valence-corrected chi connectivity index (χ0v) is 11.0. The molecular formula is C14H21N3O. The first kappa shape index (κ1) is 11.0. The van der Waals surface area contributed by atoms with Crippen LogP contribution in [0.4, 0.5) is 0 Å². The first-order valence-electron chi connectivity index (χ1n) is 7.25. The van der Waals surface area contributed by atoms with Crippen molar-refractivity contribution in [1.29, 1.82) is 0 Å². The normalized spacial score (nSPS) is 41.5. The predicted octanol–water partition coefficient (Wildman–Crippen LogP) is 2.26. The molecule has 4 nitrogen and oxygen atoms in total. The van der Waals surface area contributed by atoms with Gasteiger partial charge in [-0.05, 0) is 63.3 Å². The van der Waals surface area contributed by atoms with E-state index < -0.39 is 0 Å².